The summed E-state index contributed by atoms with van der Waals surface area (Å²) in [4.78, 5) is 2.79. The van der Waals surface area contributed by atoms with Crippen molar-refractivity contribution in [2.75, 3.05) is 13.1 Å². The highest BCUT2D eigenvalue weighted by Crippen LogP contribution is 2.53. The average Bonchev–Trinajstić information content (AvgIpc) is 2.99. The highest BCUT2D eigenvalue weighted by Gasteiger charge is 2.48. The molecule has 0 aromatic carbocycles. The molecule has 2 N–H and O–H groups in total. The molecule has 0 radical (unpaired) electrons. The van der Waals surface area contributed by atoms with E-state index in [0.29, 0.717) is 5.54 Å². The normalized spacial score (nSPS) is 38.1. The van der Waals surface area contributed by atoms with Crippen molar-refractivity contribution < 1.29 is 0 Å². The van der Waals surface area contributed by atoms with E-state index in [4.69, 9.17) is 5.73 Å². The molecule has 0 aromatic rings. The van der Waals surface area contributed by atoms with Gasteiger partial charge in [-0.1, -0.05) is 19.8 Å². The average molecular weight is 264 g/mol. The van der Waals surface area contributed by atoms with E-state index in [-0.39, 0.29) is 0 Å². The minimum Gasteiger partial charge on any atom is -0.329 e. The monoisotopic (exact) mass is 264 g/mol. The first-order valence-electron chi connectivity index (χ1n) is 8.56. The second-order valence-corrected chi connectivity index (χ2v) is 7.98. The van der Waals surface area contributed by atoms with Gasteiger partial charge in [0, 0.05) is 24.7 Å². The summed E-state index contributed by atoms with van der Waals surface area (Å²) in [7, 11) is 0. The zero-order valence-electron chi connectivity index (χ0n) is 13.0. The maximum atomic E-state index is 6.27. The van der Waals surface area contributed by atoms with Crippen LogP contribution in [0.25, 0.3) is 0 Å². The second kappa shape index (κ2) is 5.04. The third kappa shape index (κ3) is 2.35. The molecule has 2 atom stereocenters. The van der Waals surface area contributed by atoms with Gasteiger partial charge in [0.2, 0.25) is 0 Å². The Bertz CT molecular complexity index is 309. The Morgan fingerprint density at radius 1 is 1.00 bits per heavy atom. The van der Waals surface area contributed by atoms with Crippen molar-refractivity contribution in [3.8, 4) is 0 Å². The van der Waals surface area contributed by atoms with Crippen LogP contribution in [-0.4, -0.2) is 29.6 Å². The zero-order chi connectivity index (χ0) is 13.5. The lowest BCUT2D eigenvalue weighted by molar-refractivity contribution is 0.00810. The summed E-state index contributed by atoms with van der Waals surface area (Å²) < 4.78 is 0. The molecule has 3 aliphatic rings. The van der Waals surface area contributed by atoms with Crippen LogP contribution in [0.15, 0.2) is 0 Å². The van der Waals surface area contributed by atoms with Gasteiger partial charge < -0.3 is 5.73 Å². The van der Waals surface area contributed by atoms with Crippen LogP contribution in [0, 0.1) is 11.3 Å². The van der Waals surface area contributed by atoms with Crippen molar-refractivity contribution in [3.05, 3.63) is 0 Å². The topological polar surface area (TPSA) is 29.3 Å². The molecule has 3 rings (SSSR count). The first-order chi connectivity index (χ1) is 9.09. The Morgan fingerprint density at radius 3 is 2.11 bits per heavy atom. The fourth-order valence-corrected chi connectivity index (χ4v) is 5.44. The third-order valence-corrected chi connectivity index (χ3v) is 6.68. The van der Waals surface area contributed by atoms with Crippen LogP contribution in [0.1, 0.15) is 71.6 Å². The maximum absolute atomic E-state index is 6.27. The molecule has 2 heteroatoms. The Morgan fingerprint density at radius 2 is 1.63 bits per heavy atom. The molecule has 2 unspecified atom stereocenters. The lowest BCUT2D eigenvalue weighted by Gasteiger charge is -2.51. The van der Waals surface area contributed by atoms with Gasteiger partial charge in [0.25, 0.3) is 0 Å². The first-order valence-corrected chi connectivity index (χ1v) is 8.56. The maximum Gasteiger partial charge on any atom is 0.0335 e. The predicted molar refractivity (Wildman–Crippen MR) is 81.1 cm³/mol. The number of rotatable bonds is 2. The molecule has 3 fully saturated rings. The van der Waals surface area contributed by atoms with Gasteiger partial charge in [-0.05, 0) is 63.2 Å². The van der Waals surface area contributed by atoms with Crippen molar-refractivity contribution in [2.45, 2.75) is 83.2 Å². The number of likely N-dealkylation sites (tertiary alicyclic amines) is 1. The van der Waals surface area contributed by atoms with E-state index in [2.05, 4.69) is 18.7 Å². The molecular formula is C17H32N2. The van der Waals surface area contributed by atoms with E-state index in [9.17, 15) is 0 Å². The van der Waals surface area contributed by atoms with Crippen LogP contribution in [0.2, 0.25) is 0 Å². The lowest BCUT2D eigenvalue weighted by atomic mass is 9.65. The van der Waals surface area contributed by atoms with Crippen LogP contribution in [0.3, 0.4) is 0 Å². The van der Waals surface area contributed by atoms with Crippen LogP contribution in [0.4, 0.5) is 0 Å². The van der Waals surface area contributed by atoms with E-state index in [0.717, 1.165) is 23.9 Å². The van der Waals surface area contributed by atoms with E-state index in [1.165, 1.54) is 64.3 Å². The molecule has 0 bridgehead atoms. The molecule has 1 spiro atoms. The molecule has 0 aromatic heterocycles. The number of nitrogens with zero attached hydrogens (tertiary/aromatic N) is 1. The van der Waals surface area contributed by atoms with Crippen molar-refractivity contribution >= 4 is 0 Å². The molecule has 1 heterocycles. The Balaban J connectivity index is 1.71. The predicted octanol–water partition coefficient (Wildman–Crippen LogP) is 3.55. The minimum atomic E-state index is 0.345. The molecule has 2 nitrogen and oxygen atoms in total. The number of nitrogens with two attached hydrogens (primary N) is 1. The minimum absolute atomic E-state index is 0.345. The SMILES string of the molecule is CC1CC(C)N(C2(CN)CCC3(CCCC3)CC2)C1. The summed E-state index contributed by atoms with van der Waals surface area (Å²) in [6.07, 6.45) is 12.9. The van der Waals surface area contributed by atoms with Gasteiger partial charge in [-0.15, -0.1) is 0 Å². The van der Waals surface area contributed by atoms with Gasteiger partial charge in [0.15, 0.2) is 0 Å². The van der Waals surface area contributed by atoms with Gasteiger partial charge in [-0.25, -0.2) is 0 Å². The van der Waals surface area contributed by atoms with Gasteiger partial charge >= 0.3 is 0 Å². The van der Waals surface area contributed by atoms with Gasteiger partial charge in [-0.2, -0.15) is 0 Å². The fraction of sp³-hybridized carbons (Fsp3) is 1.00. The van der Waals surface area contributed by atoms with E-state index < -0.39 is 0 Å². The largest absolute Gasteiger partial charge is 0.329 e. The molecule has 2 saturated carbocycles. The molecular weight excluding hydrogens is 232 g/mol. The molecule has 1 saturated heterocycles. The van der Waals surface area contributed by atoms with Gasteiger partial charge in [0.1, 0.15) is 0 Å². The summed E-state index contributed by atoms with van der Waals surface area (Å²) in [5.74, 6) is 0.862. The number of hydrogen-bond acceptors (Lipinski definition) is 2. The Labute approximate surface area is 119 Å². The molecule has 110 valence electrons. The highest BCUT2D eigenvalue weighted by atomic mass is 15.3. The van der Waals surface area contributed by atoms with E-state index >= 15 is 0 Å². The Hall–Kier alpha value is -0.0800. The van der Waals surface area contributed by atoms with Crippen molar-refractivity contribution in [1.29, 1.82) is 0 Å². The van der Waals surface area contributed by atoms with Crippen LogP contribution in [0.5, 0.6) is 0 Å². The van der Waals surface area contributed by atoms with Crippen molar-refractivity contribution in [3.63, 3.8) is 0 Å². The lowest BCUT2D eigenvalue weighted by Crippen LogP contribution is -2.57. The van der Waals surface area contributed by atoms with E-state index in [1.54, 1.807) is 0 Å². The molecule has 19 heavy (non-hydrogen) atoms. The third-order valence-electron chi connectivity index (χ3n) is 6.68. The first kappa shape index (κ1) is 13.9. The number of hydrogen-bond donors (Lipinski definition) is 1. The summed E-state index contributed by atoms with van der Waals surface area (Å²) in [6.45, 7) is 6.98. The highest BCUT2D eigenvalue weighted by molar-refractivity contribution is 5.04. The van der Waals surface area contributed by atoms with Crippen LogP contribution < -0.4 is 5.73 Å². The summed E-state index contributed by atoms with van der Waals surface area (Å²) in [5.41, 5.74) is 7.35. The molecule has 1 aliphatic heterocycles. The Kier molecular flexibility index (Phi) is 3.68. The molecule has 0 amide bonds. The van der Waals surface area contributed by atoms with Crippen molar-refractivity contribution in [2.24, 2.45) is 17.1 Å². The summed E-state index contributed by atoms with van der Waals surface area (Å²) in [6, 6.07) is 0.746. The second-order valence-electron chi connectivity index (χ2n) is 7.98. The van der Waals surface area contributed by atoms with E-state index in [1.807, 2.05) is 0 Å². The quantitative estimate of drug-likeness (QED) is 0.826. The summed E-state index contributed by atoms with van der Waals surface area (Å²) >= 11 is 0. The van der Waals surface area contributed by atoms with Crippen molar-refractivity contribution in [1.82, 2.24) is 4.90 Å². The summed E-state index contributed by atoms with van der Waals surface area (Å²) in [5, 5.41) is 0. The van der Waals surface area contributed by atoms with Gasteiger partial charge in [0.05, 0.1) is 0 Å². The smallest absolute Gasteiger partial charge is 0.0335 e. The van der Waals surface area contributed by atoms with Gasteiger partial charge in [-0.3, -0.25) is 4.90 Å². The fourth-order valence-electron chi connectivity index (χ4n) is 5.44. The van der Waals surface area contributed by atoms with Crippen LogP contribution >= 0.6 is 0 Å². The zero-order valence-corrected chi connectivity index (χ0v) is 13.0. The van der Waals surface area contributed by atoms with Crippen LogP contribution in [-0.2, 0) is 0 Å². The standard InChI is InChI=1S/C17H32N2/c1-14-11-15(2)19(12-14)17(13-18)9-7-16(8-10-17)5-3-4-6-16/h14-15H,3-13,18H2,1-2H3. The molecule has 2 aliphatic carbocycles.